The summed E-state index contributed by atoms with van der Waals surface area (Å²) in [6.45, 7) is -0.884. The van der Waals surface area contributed by atoms with Gasteiger partial charge in [-0.2, -0.15) is 0 Å². The summed E-state index contributed by atoms with van der Waals surface area (Å²) in [5.41, 5.74) is -0.523. The zero-order valence-electron chi connectivity index (χ0n) is 8.94. The lowest BCUT2D eigenvalue weighted by Gasteiger charge is -2.12. The third-order valence-electron chi connectivity index (χ3n) is 2.50. The van der Waals surface area contributed by atoms with E-state index in [9.17, 15) is 23.3 Å². The normalized spacial score (nSPS) is 16.7. The summed E-state index contributed by atoms with van der Waals surface area (Å²) in [5.74, 6) is -0.783. The standard InChI is InChI=1S/C9H8N2O6S/c12-4-3-10-9(13)7-2-1-6(11(14)15)5-8(7)18(10,16)17/h1-2,5,12H,3-4H2. The molecule has 0 fully saturated rings. The topological polar surface area (TPSA) is 118 Å². The van der Waals surface area contributed by atoms with E-state index in [-0.39, 0.29) is 12.1 Å². The number of hydrogen-bond donors (Lipinski definition) is 1. The van der Waals surface area contributed by atoms with Crippen LogP contribution in [0.2, 0.25) is 0 Å². The van der Waals surface area contributed by atoms with Crippen molar-refractivity contribution < 1.29 is 23.2 Å². The number of hydrogen-bond acceptors (Lipinski definition) is 6. The summed E-state index contributed by atoms with van der Waals surface area (Å²) in [6, 6.07) is 3.01. The number of aliphatic hydroxyl groups is 1. The van der Waals surface area contributed by atoms with Crippen LogP contribution in [-0.2, 0) is 10.0 Å². The molecule has 1 amide bonds. The first-order valence-corrected chi connectivity index (χ1v) is 6.30. The van der Waals surface area contributed by atoms with Gasteiger partial charge in [-0.05, 0) is 6.07 Å². The molecule has 1 aliphatic heterocycles. The van der Waals surface area contributed by atoms with Gasteiger partial charge in [0.15, 0.2) is 0 Å². The average molecular weight is 272 g/mol. The van der Waals surface area contributed by atoms with E-state index < -0.39 is 38.0 Å². The summed E-state index contributed by atoms with van der Waals surface area (Å²) in [4.78, 5) is 21.2. The molecule has 96 valence electrons. The van der Waals surface area contributed by atoms with Crippen LogP contribution in [0.5, 0.6) is 0 Å². The predicted octanol–water partition coefficient (Wildman–Crippen LogP) is -0.268. The van der Waals surface area contributed by atoms with Gasteiger partial charge in [-0.25, -0.2) is 12.7 Å². The predicted molar refractivity (Wildman–Crippen MR) is 58.4 cm³/mol. The van der Waals surface area contributed by atoms with Crippen LogP contribution >= 0.6 is 0 Å². The van der Waals surface area contributed by atoms with Crippen molar-refractivity contribution in [2.45, 2.75) is 4.90 Å². The number of nitro groups is 1. The molecule has 0 radical (unpaired) electrons. The van der Waals surface area contributed by atoms with Crippen LogP contribution in [-0.4, -0.2) is 41.8 Å². The molecule has 9 heteroatoms. The van der Waals surface area contributed by atoms with Crippen molar-refractivity contribution in [3.05, 3.63) is 33.9 Å². The molecule has 1 N–H and O–H groups in total. The monoisotopic (exact) mass is 272 g/mol. The Labute approximate surface area is 102 Å². The van der Waals surface area contributed by atoms with Gasteiger partial charge in [0.05, 0.1) is 23.6 Å². The largest absolute Gasteiger partial charge is 0.394 e. The van der Waals surface area contributed by atoms with E-state index in [1.807, 2.05) is 0 Å². The smallest absolute Gasteiger partial charge is 0.270 e. The lowest BCUT2D eigenvalue weighted by Crippen LogP contribution is -2.32. The Morgan fingerprint density at radius 1 is 1.39 bits per heavy atom. The Morgan fingerprint density at radius 2 is 2.06 bits per heavy atom. The van der Waals surface area contributed by atoms with Gasteiger partial charge < -0.3 is 5.11 Å². The Bertz CT molecular complexity index is 638. The first-order chi connectivity index (χ1) is 8.39. The van der Waals surface area contributed by atoms with Gasteiger partial charge in [0, 0.05) is 12.1 Å². The molecule has 1 aliphatic rings. The maximum absolute atomic E-state index is 11.9. The summed E-state index contributed by atoms with van der Waals surface area (Å²) < 4.78 is 24.4. The highest BCUT2D eigenvalue weighted by molar-refractivity contribution is 7.90. The summed E-state index contributed by atoms with van der Waals surface area (Å²) in [5, 5.41) is 19.3. The Morgan fingerprint density at radius 3 is 2.61 bits per heavy atom. The average Bonchev–Trinajstić information content (AvgIpc) is 2.51. The zero-order chi connectivity index (χ0) is 13.5. The van der Waals surface area contributed by atoms with Gasteiger partial charge in [-0.3, -0.25) is 14.9 Å². The molecule has 1 heterocycles. The lowest BCUT2D eigenvalue weighted by molar-refractivity contribution is -0.385. The fourth-order valence-corrected chi connectivity index (χ4v) is 3.27. The molecule has 0 spiro atoms. The second-order valence-electron chi connectivity index (χ2n) is 3.54. The molecule has 1 aromatic carbocycles. The highest BCUT2D eigenvalue weighted by Crippen LogP contribution is 2.32. The van der Waals surface area contributed by atoms with Crippen molar-refractivity contribution in [3.8, 4) is 0 Å². The fourth-order valence-electron chi connectivity index (χ4n) is 1.69. The summed E-state index contributed by atoms with van der Waals surface area (Å²) in [7, 11) is -4.09. The molecule has 0 bridgehead atoms. The van der Waals surface area contributed by atoms with Crippen LogP contribution in [0.15, 0.2) is 23.1 Å². The minimum atomic E-state index is -4.09. The number of nitro benzene ring substituents is 1. The maximum atomic E-state index is 11.9. The zero-order valence-corrected chi connectivity index (χ0v) is 9.75. The molecular weight excluding hydrogens is 264 g/mol. The van der Waals surface area contributed by atoms with Gasteiger partial charge in [-0.15, -0.1) is 0 Å². The van der Waals surface area contributed by atoms with Crippen molar-refractivity contribution in [3.63, 3.8) is 0 Å². The minimum absolute atomic E-state index is 0.117. The third kappa shape index (κ3) is 1.64. The van der Waals surface area contributed by atoms with Crippen molar-refractivity contribution >= 4 is 21.6 Å². The van der Waals surface area contributed by atoms with Gasteiger partial charge >= 0.3 is 0 Å². The first kappa shape index (κ1) is 12.5. The number of rotatable bonds is 3. The molecular formula is C9H8N2O6S. The molecule has 8 nitrogen and oxygen atoms in total. The number of carbonyl (C=O) groups excluding carboxylic acids is 1. The molecule has 2 rings (SSSR count). The van der Waals surface area contributed by atoms with Gasteiger partial charge in [0.1, 0.15) is 4.90 Å². The Balaban J connectivity index is 2.62. The summed E-state index contributed by atoms with van der Waals surface area (Å²) >= 11 is 0. The van der Waals surface area contributed by atoms with E-state index in [1.165, 1.54) is 0 Å². The number of carbonyl (C=O) groups is 1. The Kier molecular flexibility index (Phi) is 2.79. The molecule has 0 unspecified atom stereocenters. The van der Waals surface area contributed by atoms with Crippen molar-refractivity contribution in [1.82, 2.24) is 4.31 Å². The second-order valence-corrected chi connectivity index (χ2v) is 5.37. The number of fused-ring (bicyclic) bond motifs is 1. The van der Waals surface area contributed by atoms with Crippen LogP contribution in [0, 0.1) is 10.1 Å². The van der Waals surface area contributed by atoms with Crippen LogP contribution in [0.1, 0.15) is 10.4 Å². The molecule has 1 aromatic rings. The summed E-state index contributed by atoms with van der Waals surface area (Å²) in [6.07, 6.45) is 0. The third-order valence-corrected chi connectivity index (χ3v) is 4.33. The second kappa shape index (κ2) is 4.03. The first-order valence-electron chi connectivity index (χ1n) is 4.86. The van der Waals surface area contributed by atoms with Gasteiger partial charge in [0.2, 0.25) is 0 Å². The van der Waals surface area contributed by atoms with E-state index in [0.717, 1.165) is 18.2 Å². The fraction of sp³-hybridized carbons (Fsp3) is 0.222. The van der Waals surface area contributed by atoms with Crippen molar-refractivity contribution in [2.24, 2.45) is 0 Å². The van der Waals surface area contributed by atoms with E-state index in [1.54, 1.807) is 0 Å². The molecule has 18 heavy (non-hydrogen) atoms. The van der Waals surface area contributed by atoms with Crippen LogP contribution in [0.3, 0.4) is 0 Å². The van der Waals surface area contributed by atoms with Gasteiger partial charge in [-0.1, -0.05) is 0 Å². The van der Waals surface area contributed by atoms with Crippen LogP contribution in [0.25, 0.3) is 0 Å². The van der Waals surface area contributed by atoms with Crippen molar-refractivity contribution in [2.75, 3.05) is 13.2 Å². The highest BCUT2D eigenvalue weighted by atomic mass is 32.2. The molecule has 0 saturated carbocycles. The van der Waals surface area contributed by atoms with Crippen LogP contribution < -0.4 is 0 Å². The van der Waals surface area contributed by atoms with Crippen LogP contribution in [0.4, 0.5) is 5.69 Å². The Hall–Kier alpha value is -2.00. The molecule has 0 aliphatic carbocycles. The van der Waals surface area contributed by atoms with E-state index in [4.69, 9.17) is 5.11 Å². The number of amides is 1. The van der Waals surface area contributed by atoms with Crippen molar-refractivity contribution in [1.29, 1.82) is 0 Å². The molecule has 0 atom stereocenters. The van der Waals surface area contributed by atoms with E-state index >= 15 is 0 Å². The number of sulfonamides is 1. The number of aliphatic hydroxyl groups excluding tert-OH is 1. The molecule has 0 aromatic heterocycles. The quantitative estimate of drug-likeness (QED) is 0.597. The number of nitrogens with zero attached hydrogens (tertiary/aromatic N) is 2. The number of β-amino-alcohol motifs (C(OH)–C–C–N with tert-alkyl or cyclic N) is 1. The highest BCUT2D eigenvalue weighted by Gasteiger charge is 2.41. The van der Waals surface area contributed by atoms with Gasteiger partial charge in [0.25, 0.3) is 21.6 Å². The molecule has 0 saturated heterocycles. The number of non-ortho nitro benzene ring substituents is 1. The van der Waals surface area contributed by atoms with E-state index in [0.29, 0.717) is 4.31 Å². The SMILES string of the molecule is O=C1c2ccc([N+](=O)[O-])cc2S(=O)(=O)N1CCO. The number of benzene rings is 1. The minimum Gasteiger partial charge on any atom is -0.394 e. The lowest BCUT2D eigenvalue weighted by atomic mass is 10.2. The van der Waals surface area contributed by atoms with E-state index in [2.05, 4.69) is 0 Å². The maximum Gasteiger partial charge on any atom is 0.270 e.